The van der Waals surface area contributed by atoms with Gasteiger partial charge in [-0.2, -0.15) is 0 Å². The van der Waals surface area contributed by atoms with Gasteiger partial charge in [-0.3, -0.25) is 0 Å². The van der Waals surface area contributed by atoms with Crippen molar-refractivity contribution >= 4 is 12.1 Å². The quantitative estimate of drug-likeness (QED) is 0.619. The number of carbonyl (C=O) groups excluding carboxylic acids is 2. The first kappa shape index (κ1) is 16.8. The first-order valence-corrected chi connectivity index (χ1v) is 6.74. The van der Waals surface area contributed by atoms with Gasteiger partial charge < -0.3 is 14.8 Å². The summed E-state index contributed by atoms with van der Waals surface area (Å²) in [5.41, 5.74) is 0.876. The van der Waals surface area contributed by atoms with Crippen LogP contribution >= 0.6 is 0 Å². The molecule has 0 saturated carbocycles. The van der Waals surface area contributed by atoms with Crippen LogP contribution in [0.4, 0.5) is 4.79 Å². The third-order valence-corrected chi connectivity index (χ3v) is 3.05. The predicted octanol–water partition coefficient (Wildman–Crippen LogP) is 2.67. The van der Waals surface area contributed by atoms with Crippen LogP contribution in [-0.2, 0) is 20.9 Å². The van der Waals surface area contributed by atoms with Gasteiger partial charge in [0.05, 0.1) is 7.11 Å². The van der Waals surface area contributed by atoms with Crippen LogP contribution in [0.3, 0.4) is 0 Å². The Kier molecular flexibility index (Phi) is 7.01. The molecule has 1 amide bonds. The molecule has 5 heteroatoms. The Hall–Kier alpha value is -2.30. The molecule has 1 N–H and O–H groups in total. The molecular formula is C16H21NO4. The molecule has 0 aromatic heterocycles. The second-order valence-corrected chi connectivity index (χ2v) is 4.71. The van der Waals surface area contributed by atoms with E-state index in [9.17, 15) is 9.59 Å². The number of methoxy groups -OCH3 is 1. The standard InChI is InChI=1S/C16H21NO4/c1-4-8-12(2)14(15(18)20-3)17-16(19)21-11-13-9-6-5-7-10-13/h4-7,9-10,12,14H,1,8,11H2,2-3H3,(H,17,19)/t12-,14-/m0/s1. The normalized spacial score (nSPS) is 12.9. The Morgan fingerprint density at radius 3 is 2.57 bits per heavy atom. The second-order valence-electron chi connectivity index (χ2n) is 4.71. The molecule has 1 aromatic rings. The van der Waals surface area contributed by atoms with Crippen LogP contribution in [0.5, 0.6) is 0 Å². The Morgan fingerprint density at radius 2 is 2.00 bits per heavy atom. The van der Waals surface area contributed by atoms with E-state index in [1.165, 1.54) is 7.11 Å². The summed E-state index contributed by atoms with van der Waals surface area (Å²) in [5.74, 6) is -0.625. The van der Waals surface area contributed by atoms with E-state index in [0.29, 0.717) is 6.42 Å². The highest BCUT2D eigenvalue weighted by Gasteiger charge is 2.27. The minimum Gasteiger partial charge on any atom is -0.467 e. The van der Waals surface area contributed by atoms with E-state index in [4.69, 9.17) is 9.47 Å². The first-order valence-electron chi connectivity index (χ1n) is 6.74. The Labute approximate surface area is 124 Å². The lowest BCUT2D eigenvalue weighted by Gasteiger charge is -2.21. The van der Waals surface area contributed by atoms with E-state index in [1.54, 1.807) is 6.08 Å². The smallest absolute Gasteiger partial charge is 0.408 e. The highest BCUT2D eigenvalue weighted by atomic mass is 16.6. The van der Waals surface area contributed by atoms with Gasteiger partial charge in [0.25, 0.3) is 0 Å². The molecule has 0 aliphatic heterocycles. The van der Waals surface area contributed by atoms with Crippen molar-refractivity contribution in [2.24, 2.45) is 5.92 Å². The third kappa shape index (κ3) is 5.69. The number of nitrogens with one attached hydrogen (secondary N) is 1. The van der Waals surface area contributed by atoms with Crippen molar-refractivity contribution < 1.29 is 19.1 Å². The number of carbonyl (C=O) groups is 2. The zero-order chi connectivity index (χ0) is 15.7. The lowest BCUT2D eigenvalue weighted by Crippen LogP contribution is -2.45. The van der Waals surface area contributed by atoms with E-state index in [1.807, 2.05) is 37.3 Å². The van der Waals surface area contributed by atoms with E-state index < -0.39 is 18.1 Å². The molecule has 0 radical (unpaired) electrons. The summed E-state index contributed by atoms with van der Waals surface area (Å²) in [6.07, 6.45) is 1.63. The molecule has 0 fully saturated rings. The SMILES string of the molecule is C=CC[C@H](C)[C@H](NC(=O)OCc1ccccc1)C(=O)OC. The molecule has 0 bridgehead atoms. The van der Waals surface area contributed by atoms with Crippen molar-refractivity contribution in [1.29, 1.82) is 0 Å². The Balaban J connectivity index is 2.55. The maximum absolute atomic E-state index is 11.8. The summed E-state index contributed by atoms with van der Waals surface area (Å²) in [6, 6.07) is 8.56. The highest BCUT2D eigenvalue weighted by Crippen LogP contribution is 2.11. The number of amides is 1. The van der Waals surface area contributed by atoms with Crippen LogP contribution in [0, 0.1) is 5.92 Å². The van der Waals surface area contributed by atoms with Crippen molar-refractivity contribution in [2.75, 3.05) is 7.11 Å². The molecule has 1 rings (SSSR count). The fraction of sp³-hybridized carbons (Fsp3) is 0.375. The highest BCUT2D eigenvalue weighted by molar-refractivity contribution is 5.81. The molecule has 0 saturated heterocycles. The second kappa shape index (κ2) is 8.79. The van der Waals surface area contributed by atoms with Gasteiger partial charge in [0, 0.05) is 0 Å². The summed E-state index contributed by atoms with van der Waals surface area (Å²) in [4.78, 5) is 23.5. The summed E-state index contributed by atoms with van der Waals surface area (Å²) >= 11 is 0. The summed E-state index contributed by atoms with van der Waals surface area (Å²) in [6.45, 7) is 5.61. The third-order valence-electron chi connectivity index (χ3n) is 3.05. The van der Waals surface area contributed by atoms with Crippen molar-refractivity contribution in [2.45, 2.75) is 26.0 Å². The van der Waals surface area contributed by atoms with Gasteiger partial charge in [0.1, 0.15) is 12.6 Å². The molecule has 5 nitrogen and oxygen atoms in total. The average Bonchev–Trinajstić information content (AvgIpc) is 2.51. The summed E-state index contributed by atoms with van der Waals surface area (Å²) in [7, 11) is 1.28. The van der Waals surface area contributed by atoms with Crippen LogP contribution in [-0.4, -0.2) is 25.2 Å². The number of esters is 1. The molecular weight excluding hydrogens is 270 g/mol. The molecule has 114 valence electrons. The van der Waals surface area contributed by atoms with Crippen LogP contribution in [0.2, 0.25) is 0 Å². The van der Waals surface area contributed by atoms with Crippen LogP contribution in [0.15, 0.2) is 43.0 Å². The zero-order valence-corrected chi connectivity index (χ0v) is 12.4. The fourth-order valence-corrected chi connectivity index (χ4v) is 1.85. The number of hydrogen-bond donors (Lipinski definition) is 1. The number of hydrogen-bond acceptors (Lipinski definition) is 4. The molecule has 0 aliphatic carbocycles. The van der Waals surface area contributed by atoms with Gasteiger partial charge in [-0.05, 0) is 17.9 Å². The largest absolute Gasteiger partial charge is 0.467 e. The number of benzene rings is 1. The average molecular weight is 291 g/mol. The van der Waals surface area contributed by atoms with Gasteiger partial charge in [0.15, 0.2) is 0 Å². The van der Waals surface area contributed by atoms with E-state index in [0.717, 1.165) is 5.56 Å². The summed E-state index contributed by atoms with van der Waals surface area (Å²) in [5, 5.41) is 2.54. The van der Waals surface area contributed by atoms with Crippen molar-refractivity contribution in [3.05, 3.63) is 48.6 Å². The topological polar surface area (TPSA) is 64.6 Å². The molecule has 0 spiro atoms. The van der Waals surface area contributed by atoms with Gasteiger partial charge in [0.2, 0.25) is 0 Å². The monoisotopic (exact) mass is 291 g/mol. The van der Waals surface area contributed by atoms with Gasteiger partial charge in [-0.15, -0.1) is 6.58 Å². The number of alkyl carbamates (subject to hydrolysis) is 1. The van der Waals surface area contributed by atoms with Gasteiger partial charge >= 0.3 is 12.1 Å². The Bertz CT molecular complexity index is 472. The van der Waals surface area contributed by atoms with Crippen LogP contribution in [0.1, 0.15) is 18.9 Å². The van der Waals surface area contributed by atoms with Crippen molar-refractivity contribution in [3.8, 4) is 0 Å². The van der Waals surface area contributed by atoms with Gasteiger partial charge in [-0.1, -0.05) is 43.3 Å². The zero-order valence-electron chi connectivity index (χ0n) is 12.4. The number of allylic oxidation sites excluding steroid dienone is 1. The minimum atomic E-state index is -0.753. The molecule has 0 heterocycles. The maximum Gasteiger partial charge on any atom is 0.408 e. The van der Waals surface area contributed by atoms with E-state index >= 15 is 0 Å². The van der Waals surface area contributed by atoms with Gasteiger partial charge in [-0.25, -0.2) is 9.59 Å². The molecule has 0 aliphatic rings. The molecule has 21 heavy (non-hydrogen) atoms. The van der Waals surface area contributed by atoms with Crippen molar-refractivity contribution in [3.63, 3.8) is 0 Å². The lowest BCUT2D eigenvalue weighted by molar-refractivity contribution is -0.144. The number of ether oxygens (including phenoxy) is 2. The fourth-order valence-electron chi connectivity index (χ4n) is 1.85. The molecule has 0 unspecified atom stereocenters. The van der Waals surface area contributed by atoms with Crippen molar-refractivity contribution in [1.82, 2.24) is 5.32 Å². The molecule has 2 atom stereocenters. The summed E-state index contributed by atoms with van der Waals surface area (Å²) < 4.78 is 9.80. The minimum absolute atomic E-state index is 0.126. The predicted molar refractivity (Wildman–Crippen MR) is 79.5 cm³/mol. The van der Waals surface area contributed by atoms with Crippen LogP contribution in [0.25, 0.3) is 0 Å². The van der Waals surface area contributed by atoms with Crippen LogP contribution < -0.4 is 5.32 Å². The molecule has 1 aromatic carbocycles. The lowest BCUT2D eigenvalue weighted by atomic mass is 9.98. The first-order chi connectivity index (χ1) is 10.1. The van der Waals surface area contributed by atoms with E-state index in [2.05, 4.69) is 11.9 Å². The number of rotatable bonds is 7. The maximum atomic E-state index is 11.8. The Morgan fingerprint density at radius 1 is 1.33 bits per heavy atom. The van der Waals surface area contributed by atoms with E-state index in [-0.39, 0.29) is 12.5 Å².